The molecule has 1 aromatic heterocycles. The zero-order valence-corrected chi connectivity index (χ0v) is 13.4. The van der Waals surface area contributed by atoms with Crippen LogP contribution in [0, 0.1) is 6.92 Å². The molecule has 1 aliphatic carbocycles. The number of ether oxygens (including phenoxy) is 2. The summed E-state index contributed by atoms with van der Waals surface area (Å²) in [6.07, 6.45) is 5.50. The van der Waals surface area contributed by atoms with Crippen molar-refractivity contribution < 1.29 is 18.8 Å². The first-order valence-corrected chi connectivity index (χ1v) is 7.95. The Hall–Kier alpha value is -1.47. The lowest BCUT2D eigenvalue weighted by atomic mass is 9.81. The van der Waals surface area contributed by atoms with Crippen LogP contribution >= 0.6 is 0 Å². The van der Waals surface area contributed by atoms with E-state index in [1.54, 1.807) is 13.8 Å². The fourth-order valence-corrected chi connectivity index (χ4v) is 2.85. The summed E-state index contributed by atoms with van der Waals surface area (Å²) in [6.45, 7) is 5.02. The van der Waals surface area contributed by atoms with E-state index in [1.165, 1.54) is 6.42 Å². The third-order valence-corrected chi connectivity index (χ3v) is 3.90. The summed E-state index contributed by atoms with van der Waals surface area (Å²) in [5.41, 5.74) is -0.233. The minimum Gasteiger partial charge on any atom is -0.464 e. The molecular weight excluding hydrogens is 286 g/mol. The molecule has 1 fully saturated rings. The van der Waals surface area contributed by atoms with Gasteiger partial charge in [-0.15, -0.1) is 0 Å². The third-order valence-electron chi connectivity index (χ3n) is 3.90. The lowest BCUT2D eigenvalue weighted by molar-refractivity contribution is -0.148. The van der Waals surface area contributed by atoms with Crippen LogP contribution in [0.4, 0.5) is 0 Å². The van der Waals surface area contributed by atoms with Crippen molar-refractivity contribution >= 4 is 5.97 Å². The van der Waals surface area contributed by atoms with Crippen molar-refractivity contribution in [2.24, 2.45) is 0 Å². The van der Waals surface area contributed by atoms with Gasteiger partial charge >= 0.3 is 5.97 Å². The zero-order chi connectivity index (χ0) is 15.8. The molecule has 124 valence electrons. The zero-order valence-electron chi connectivity index (χ0n) is 13.4. The van der Waals surface area contributed by atoms with Gasteiger partial charge in [-0.3, -0.25) is 0 Å². The SMILES string of the molecule is CCOC(=O)COCCNC1(c2noc(C)n2)CCCCC1. The average Bonchev–Trinajstić information content (AvgIpc) is 2.95. The predicted octanol–water partition coefficient (Wildman–Crippen LogP) is 1.71. The van der Waals surface area contributed by atoms with E-state index in [0.717, 1.165) is 31.5 Å². The van der Waals surface area contributed by atoms with Crippen LogP contribution < -0.4 is 5.32 Å². The molecule has 0 bridgehead atoms. The van der Waals surface area contributed by atoms with Crippen molar-refractivity contribution in [2.45, 2.75) is 51.5 Å². The third kappa shape index (κ3) is 4.51. The normalized spacial score (nSPS) is 17.4. The van der Waals surface area contributed by atoms with Crippen molar-refractivity contribution in [3.63, 3.8) is 0 Å². The van der Waals surface area contributed by atoms with Crippen LogP contribution in [0.1, 0.15) is 50.7 Å². The molecule has 1 aromatic rings. The van der Waals surface area contributed by atoms with Crippen LogP contribution in [0.25, 0.3) is 0 Å². The van der Waals surface area contributed by atoms with Gasteiger partial charge < -0.3 is 19.3 Å². The van der Waals surface area contributed by atoms with Crippen LogP contribution in [0.2, 0.25) is 0 Å². The van der Waals surface area contributed by atoms with Crippen molar-refractivity contribution in [3.8, 4) is 0 Å². The van der Waals surface area contributed by atoms with Crippen molar-refractivity contribution in [2.75, 3.05) is 26.4 Å². The van der Waals surface area contributed by atoms with Gasteiger partial charge in [0, 0.05) is 13.5 Å². The van der Waals surface area contributed by atoms with Gasteiger partial charge in [-0.05, 0) is 19.8 Å². The van der Waals surface area contributed by atoms with Gasteiger partial charge in [-0.1, -0.05) is 24.4 Å². The number of nitrogens with one attached hydrogen (secondary N) is 1. The second-order valence-corrected chi connectivity index (χ2v) is 5.56. The molecule has 0 spiro atoms. The first kappa shape index (κ1) is 16.9. The number of aryl methyl sites for hydroxylation is 1. The van der Waals surface area contributed by atoms with Gasteiger partial charge in [-0.2, -0.15) is 4.98 Å². The molecule has 22 heavy (non-hydrogen) atoms. The van der Waals surface area contributed by atoms with Gasteiger partial charge in [0.05, 0.1) is 18.8 Å². The Morgan fingerprint density at radius 1 is 1.36 bits per heavy atom. The number of carbonyl (C=O) groups is 1. The molecule has 0 saturated heterocycles. The van der Waals surface area contributed by atoms with E-state index in [4.69, 9.17) is 14.0 Å². The van der Waals surface area contributed by atoms with Crippen LogP contribution in [-0.2, 0) is 19.8 Å². The lowest BCUT2D eigenvalue weighted by Gasteiger charge is -2.35. The molecule has 1 saturated carbocycles. The molecule has 7 heteroatoms. The van der Waals surface area contributed by atoms with E-state index >= 15 is 0 Å². The second-order valence-electron chi connectivity index (χ2n) is 5.56. The van der Waals surface area contributed by atoms with E-state index in [1.807, 2.05) is 0 Å². The van der Waals surface area contributed by atoms with Crippen LogP contribution in [0.15, 0.2) is 4.52 Å². The maximum atomic E-state index is 11.2. The number of aromatic nitrogens is 2. The first-order valence-electron chi connectivity index (χ1n) is 7.95. The quantitative estimate of drug-likeness (QED) is 0.577. The van der Waals surface area contributed by atoms with Gasteiger partial charge in [-0.25, -0.2) is 4.79 Å². The fourth-order valence-electron chi connectivity index (χ4n) is 2.85. The molecule has 0 unspecified atom stereocenters. The van der Waals surface area contributed by atoms with E-state index in [0.29, 0.717) is 25.6 Å². The van der Waals surface area contributed by atoms with Crippen molar-refractivity contribution in [1.82, 2.24) is 15.5 Å². The second kappa shape index (κ2) is 8.24. The Morgan fingerprint density at radius 3 is 2.77 bits per heavy atom. The highest BCUT2D eigenvalue weighted by atomic mass is 16.6. The highest BCUT2D eigenvalue weighted by Crippen LogP contribution is 2.35. The summed E-state index contributed by atoms with van der Waals surface area (Å²) < 4.78 is 15.3. The molecule has 2 rings (SSSR count). The standard InChI is InChI=1S/C15H25N3O4/c1-3-21-13(19)11-20-10-9-16-15(7-5-4-6-8-15)14-17-12(2)22-18-14/h16H,3-11H2,1-2H3. The minimum absolute atomic E-state index is 0.0101. The molecular formula is C15H25N3O4. The number of rotatable bonds is 8. The molecule has 0 atom stereocenters. The largest absolute Gasteiger partial charge is 0.464 e. The molecule has 0 aliphatic heterocycles. The van der Waals surface area contributed by atoms with Crippen LogP contribution in [0.5, 0.6) is 0 Å². The molecule has 1 aliphatic rings. The topological polar surface area (TPSA) is 86.5 Å². The molecule has 0 radical (unpaired) electrons. The monoisotopic (exact) mass is 311 g/mol. The van der Waals surface area contributed by atoms with E-state index < -0.39 is 0 Å². The Labute approximate surface area is 130 Å². The van der Waals surface area contributed by atoms with Gasteiger partial charge in [0.25, 0.3) is 0 Å². The Kier molecular flexibility index (Phi) is 6.33. The van der Waals surface area contributed by atoms with Gasteiger partial charge in [0.2, 0.25) is 5.89 Å². The lowest BCUT2D eigenvalue weighted by Crippen LogP contribution is -2.46. The van der Waals surface area contributed by atoms with E-state index in [2.05, 4.69) is 15.5 Å². The fraction of sp³-hybridized carbons (Fsp3) is 0.800. The predicted molar refractivity (Wildman–Crippen MR) is 79.3 cm³/mol. The Balaban J connectivity index is 1.82. The highest BCUT2D eigenvalue weighted by Gasteiger charge is 2.37. The highest BCUT2D eigenvalue weighted by molar-refractivity contribution is 5.70. The van der Waals surface area contributed by atoms with Crippen molar-refractivity contribution in [3.05, 3.63) is 11.7 Å². The molecule has 1 N–H and O–H groups in total. The summed E-state index contributed by atoms with van der Waals surface area (Å²) >= 11 is 0. The van der Waals surface area contributed by atoms with E-state index in [-0.39, 0.29) is 18.1 Å². The maximum Gasteiger partial charge on any atom is 0.332 e. The molecule has 0 amide bonds. The van der Waals surface area contributed by atoms with E-state index in [9.17, 15) is 4.79 Å². The Bertz CT molecular complexity index is 469. The number of carbonyl (C=O) groups excluding carboxylic acids is 1. The summed E-state index contributed by atoms with van der Waals surface area (Å²) in [6, 6.07) is 0. The number of esters is 1. The van der Waals surface area contributed by atoms with Crippen LogP contribution in [0.3, 0.4) is 0 Å². The summed E-state index contributed by atoms with van der Waals surface area (Å²) in [5.74, 6) is 0.985. The molecule has 1 heterocycles. The number of hydrogen-bond donors (Lipinski definition) is 1. The van der Waals surface area contributed by atoms with Crippen molar-refractivity contribution in [1.29, 1.82) is 0 Å². The van der Waals surface area contributed by atoms with Gasteiger partial charge in [0.15, 0.2) is 5.82 Å². The van der Waals surface area contributed by atoms with Gasteiger partial charge in [0.1, 0.15) is 6.61 Å². The minimum atomic E-state index is -0.330. The molecule has 0 aromatic carbocycles. The smallest absolute Gasteiger partial charge is 0.332 e. The Morgan fingerprint density at radius 2 is 2.14 bits per heavy atom. The summed E-state index contributed by atoms with van der Waals surface area (Å²) in [5, 5.41) is 7.61. The number of hydrogen-bond acceptors (Lipinski definition) is 7. The average molecular weight is 311 g/mol. The summed E-state index contributed by atoms with van der Waals surface area (Å²) in [7, 11) is 0. The molecule has 7 nitrogen and oxygen atoms in total. The first-order chi connectivity index (χ1) is 10.7. The summed E-state index contributed by atoms with van der Waals surface area (Å²) in [4.78, 5) is 15.6. The van der Waals surface area contributed by atoms with Crippen LogP contribution in [-0.4, -0.2) is 42.5 Å². The number of nitrogens with zero attached hydrogens (tertiary/aromatic N) is 2. The maximum absolute atomic E-state index is 11.2.